The number of methoxy groups -OCH3 is 1. The Morgan fingerprint density at radius 1 is 1.33 bits per heavy atom. The molecule has 0 saturated heterocycles. The highest BCUT2D eigenvalue weighted by molar-refractivity contribution is 5.77. The number of benzene rings is 1. The molecule has 1 saturated carbocycles. The molecule has 0 aliphatic heterocycles. The van der Waals surface area contributed by atoms with Crippen molar-refractivity contribution in [3.63, 3.8) is 0 Å². The quantitative estimate of drug-likeness (QED) is 0.711. The summed E-state index contributed by atoms with van der Waals surface area (Å²) in [6, 6.07) is 7.66. The molecule has 1 atom stereocenters. The van der Waals surface area contributed by atoms with E-state index < -0.39 is 0 Å². The lowest BCUT2D eigenvalue weighted by Crippen LogP contribution is -2.35. The fourth-order valence-electron chi connectivity index (χ4n) is 3.27. The summed E-state index contributed by atoms with van der Waals surface area (Å²) < 4.78 is 8.05. The van der Waals surface area contributed by atoms with Crippen LogP contribution in [0, 0.1) is 5.92 Å². The van der Waals surface area contributed by atoms with Crippen molar-refractivity contribution < 1.29 is 9.53 Å². The number of amides is 1. The zero-order valence-electron chi connectivity index (χ0n) is 15.3. The first-order valence-corrected chi connectivity index (χ1v) is 8.87. The van der Waals surface area contributed by atoms with Crippen molar-refractivity contribution in [2.24, 2.45) is 13.0 Å². The Morgan fingerprint density at radius 2 is 2.07 bits per heavy atom. The normalized spacial score (nSPS) is 14.9. The van der Waals surface area contributed by atoms with Crippen LogP contribution in [0.5, 0.6) is 5.75 Å². The number of ether oxygens (including phenoxy) is 1. The van der Waals surface area contributed by atoms with Gasteiger partial charge in [-0.25, -0.2) is 4.98 Å². The highest BCUT2D eigenvalue weighted by Crippen LogP contribution is 2.41. The Labute approximate surface area is 155 Å². The maximum absolute atomic E-state index is 12.6. The number of aryl methyl sites for hydroxylation is 1. The lowest BCUT2D eigenvalue weighted by molar-refractivity contribution is -0.122. The molecule has 1 amide bonds. The highest BCUT2D eigenvalue weighted by Gasteiger charge is 2.33. The molecule has 0 spiro atoms. The van der Waals surface area contributed by atoms with E-state index in [1.807, 2.05) is 24.3 Å². The van der Waals surface area contributed by atoms with Crippen molar-refractivity contribution >= 4 is 16.9 Å². The SMILES string of the molecule is COc1ccc(C(NC(=O)Cn2cnc3c(cnn3C)c2=O)C2CC2)cc1. The monoisotopic (exact) mass is 367 g/mol. The van der Waals surface area contributed by atoms with Crippen LogP contribution >= 0.6 is 0 Å². The van der Waals surface area contributed by atoms with Gasteiger partial charge in [0, 0.05) is 7.05 Å². The maximum Gasteiger partial charge on any atom is 0.264 e. The van der Waals surface area contributed by atoms with Gasteiger partial charge in [-0.15, -0.1) is 0 Å². The van der Waals surface area contributed by atoms with E-state index in [0.717, 1.165) is 24.2 Å². The van der Waals surface area contributed by atoms with Crippen LogP contribution in [0.15, 0.2) is 41.6 Å². The second kappa shape index (κ2) is 6.86. The van der Waals surface area contributed by atoms with E-state index in [1.54, 1.807) is 14.2 Å². The third kappa shape index (κ3) is 3.42. The Bertz CT molecular complexity index is 1030. The second-order valence-electron chi connectivity index (χ2n) is 6.84. The van der Waals surface area contributed by atoms with Crippen LogP contribution in [0.1, 0.15) is 24.4 Å². The highest BCUT2D eigenvalue weighted by atomic mass is 16.5. The number of carbonyl (C=O) groups is 1. The topological polar surface area (TPSA) is 91.0 Å². The molecule has 1 unspecified atom stereocenters. The van der Waals surface area contributed by atoms with Crippen LogP contribution in [-0.2, 0) is 18.4 Å². The van der Waals surface area contributed by atoms with Crippen molar-refractivity contribution in [2.45, 2.75) is 25.4 Å². The van der Waals surface area contributed by atoms with Gasteiger partial charge in [-0.1, -0.05) is 12.1 Å². The first kappa shape index (κ1) is 17.3. The second-order valence-corrected chi connectivity index (χ2v) is 6.84. The summed E-state index contributed by atoms with van der Waals surface area (Å²) in [5, 5.41) is 7.52. The molecule has 8 heteroatoms. The molecule has 140 valence electrons. The minimum atomic E-state index is -0.268. The van der Waals surface area contributed by atoms with Crippen LogP contribution in [0.2, 0.25) is 0 Å². The molecule has 2 heterocycles. The Hall–Kier alpha value is -3.16. The van der Waals surface area contributed by atoms with Crippen LogP contribution in [0.4, 0.5) is 0 Å². The van der Waals surface area contributed by atoms with Crippen molar-refractivity contribution in [2.75, 3.05) is 7.11 Å². The molecule has 0 bridgehead atoms. The van der Waals surface area contributed by atoms with Crippen LogP contribution < -0.4 is 15.6 Å². The molecule has 4 rings (SSSR count). The molecular formula is C19H21N5O3. The predicted octanol–water partition coefficient (Wildman–Crippen LogP) is 1.41. The number of carbonyl (C=O) groups excluding carboxylic acids is 1. The van der Waals surface area contributed by atoms with E-state index in [-0.39, 0.29) is 24.1 Å². The molecule has 0 radical (unpaired) electrons. The van der Waals surface area contributed by atoms with Gasteiger partial charge in [-0.2, -0.15) is 5.10 Å². The predicted molar refractivity (Wildman–Crippen MR) is 99.4 cm³/mol. The fraction of sp³-hybridized carbons (Fsp3) is 0.368. The van der Waals surface area contributed by atoms with E-state index >= 15 is 0 Å². The number of fused-ring (bicyclic) bond motifs is 1. The Kier molecular flexibility index (Phi) is 4.39. The van der Waals surface area contributed by atoms with Gasteiger partial charge in [0.2, 0.25) is 5.91 Å². The zero-order valence-corrected chi connectivity index (χ0v) is 15.3. The summed E-state index contributed by atoms with van der Waals surface area (Å²) >= 11 is 0. The number of rotatable bonds is 6. The molecule has 1 N–H and O–H groups in total. The molecule has 3 aromatic rings. The molecule has 2 aromatic heterocycles. The van der Waals surface area contributed by atoms with E-state index in [0.29, 0.717) is 17.0 Å². The average Bonchev–Trinajstić information content (AvgIpc) is 3.45. The lowest BCUT2D eigenvalue weighted by atomic mass is 10.0. The van der Waals surface area contributed by atoms with E-state index in [4.69, 9.17) is 4.74 Å². The van der Waals surface area contributed by atoms with Crippen LogP contribution in [0.25, 0.3) is 11.0 Å². The van der Waals surface area contributed by atoms with Crippen molar-refractivity contribution in [3.8, 4) is 5.75 Å². The number of hydrogen-bond acceptors (Lipinski definition) is 5. The van der Waals surface area contributed by atoms with Gasteiger partial charge >= 0.3 is 0 Å². The summed E-state index contributed by atoms with van der Waals surface area (Å²) in [6.45, 7) is -0.0734. The molecule has 27 heavy (non-hydrogen) atoms. The Morgan fingerprint density at radius 3 is 2.74 bits per heavy atom. The molecule has 1 fully saturated rings. The van der Waals surface area contributed by atoms with Gasteiger partial charge in [0.25, 0.3) is 5.56 Å². The third-order valence-electron chi connectivity index (χ3n) is 4.92. The van der Waals surface area contributed by atoms with Crippen molar-refractivity contribution in [3.05, 3.63) is 52.7 Å². The number of nitrogens with zero attached hydrogens (tertiary/aromatic N) is 4. The largest absolute Gasteiger partial charge is 0.497 e. The van der Waals surface area contributed by atoms with Gasteiger partial charge in [0.05, 0.1) is 19.3 Å². The van der Waals surface area contributed by atoms with Crippen molar-refractivity contribution in [1.82, 2.24) is 24.6 Å². The molecule has 8 nitrogen and oxygen atoms in total. The minimum absolute atomic E-state index is 0.0609. The summed E-state index contributed by atoms with van der Waals surface area (Å²) in [7, 11) is 3.35. The van der Waals surface area contributed by atoms with E-state index in [2.05, 4.69) is 15.4 Å². The summed E-state index contributed by atoms with van der Waals surface area (Å²) in [4.78, 5) is 29.4. The maximum atomic E-state index is 12.6. The fourth-order valence-corrected chi connectivity index (χ4v) is 3.27. The standard InChI is InChI=1S/C19H21N5O3/c1-23-18-15(9-21-23)19(26)24(11-20-18)10-16(25)22-17(12-3-4-12)13-5-7-14(27-2)8-6-13/h5-9,11-12,17H,3-4,10H2,1-2H3,(H,22,25). The molecule has 1 aliphatic carbocycles. The van der Waals surface area contributed by atoms with Gasteiger partial charge < -0.3 is 10.1 Å². The smallest absolute Gasteiger partial charge is 0.264 e. The summed E-state index contributed by atoms with van der Waals surface area (Å²) in [6.07, 6.45) is 5.04. The number of nitrogens with one attached hydrogen (secondary N) is 1. The average molecular weight is 367 g/mol. The van der Waals surface area contributed by atoms with Gasteiger partial charge in [-0.05, 0) is 36.5 Å². The number of hydrogen-bond donors (Lipinski definition) is 1. The first-order valence-electron chi connectivity index (χ1n) is 8.87. The molecule has 1 aromatic carbocycles. The molecule has 1 aliphatic rings. The lowest BCUT2D eigenvalue weighted by Gasteiger charge is -2.19. The van der Waals surface area contributed by atoms with Gasteiger partial charge in [0.15, 0.2) is 5.65 Å². The molecular weight excluding hydrogens is 346 g/mol. The summed E-state index contributed by atoms with van der Waals surface area (Å²) in [5.74, 6) is 0.995. The minimum Gasteiger partial charge on any atom is -0.497 e. The van der Waals surface area contributed by atoms with Crippen LogP contribution in [-0.4, -0.2) is 32.3 Å². The Balaban J connectivity index is 1.52. The number of aromatic nitrogens is 4. The van der Waals surface area contributed by atoms with Crippen LogP contribution in [0.3, 0.4) is 0 Å². The van der Waals surface area contributed by atoms with Gasteiger partial charge in [-0.3, -0.25) is 18.8 Å². The van der Waals surface area contributed by atoms with Gasteiger partial charge in [0.1, 0.15) is 24.0 Å². The summed E-state index contributed by atoms with van der Waals surface area (Å²) in [5.41, 5.74) is 1.28. The van der Waals surface area contributed by atoms with E-state index in [1.165, 1.54) is 21.8 Å². The van der Waals surface area contributed by atoms with E-state index in [9.17, 15) is 9.59 Å². The zero-order chi connectivity index (χ0) is 19.0. The first-order chi connectivity index (χ1) is 13.1. The third-order valence-corrected chi connectivity index (χ3v) is 4.92. The van der Waals surface area contributed by atoms with Crippen molar-refractivity contribution in [1.29, 1.82) is 0 Å².